The summed E-state index contributed by atoms with van der Waals surface area (Å²) in [5, 5.41) is 50.2. The zero-order valence-corrected chi connectivity index (χ0v) is 40.3. The molecule has 0 spiro atoms. The lowest BCUT2D eigenvalue weighted by molar-refractivity contribution is -0.220. The van der Waals surface area contributed by atoms with Crippen LogP contribution in [0.5, 0.6) is 0 Å². The van der Waals surface area contributed by atoms with Gasteiger partial charge in [-0.1, -0.05) is 144 Å². The Morgan fingerprint density at radius 3 is 1.61 bits per heavy atom. The standard InChI is InChI=1S/C51H81O14P/c1-3-5-7-8-9-10-11-12-13-14-15-16-17-18-21-25-28-31-35-39-45(54)64-43(41-63-66(60,61)65-51-49(58)47(56)46(55)48(57)50(51)59)40-62-44(53)38-34-30-27-24-22-19-20-23-26-29-33-37-42(52)36-32-6-4-2/h5,7,9-10,12-13,15-16,19-20,24,26-27,29,33,37,43,46-51,55-59H,3-4,6,8,11,14,17-18,21-23,25,28,30-32,34-36,38-41H2,1-2H3,(H,60,61)/b7-5-,10-9-,13-12-,16-15-,20-19-,27-24-,29-26-,37-33+/t43-,46?,47-,48+,49-,50-,51?/m1/s1. The van der Waals surface area contributed by atoms with Gasteiger partial charge in [0.25, 0.3) is 0 Å². The number of carbonyl (C=O) groups excluding carboxylic acids is 3. The number of ether oxygens (including phenoxy) is 2. The van der Waals surface area contributed by atoms with Gasteiger partial charge in [0.15, 0.2) is 11.9 Å². The van der Waals surface area contributed by atoms with E-state index < -0.39 is 75.7 Å². The highest BCUT2D eigenvalue weighted by atomic mass is 31.2. The number of esters is 2. The van der Waals surface area contributed by atoms with Gasteiger partial charge in [0.05, 0.1) is 6.61 Å². The van der Waals surface area contributed by atoms with Crippen LogP contribution in [-0.4, -0.2) is 104 Å². The molecule has 66 heavy (non-hydrogen) atoms. The number of unbranched alkanes of at least 4 members (excludes halogenated alkanes) is 9. The van der Waals surface area contributed by atoms with E-state index >= 15 is 0 Å². The van der Waals surface area contributed by atoms with Crippen LogP contribution in [-0.2, 0) is 37.5 Å². The predicted molar refractivity (Wildman–Crippen MR) is 258 cm³/mol. The van der Waals surface area contributed by atoms with Gasteiger partial charge in [-0.15, -0.1) is 0 Å². The van der Waals surface area contributed by atoms with Crippen molar-refractivity contribution in [3.63, 3.8) is 0 Å². The largest absolute Gasteiger partial charge is 0.472 e. The van der Waals surface area contributed by atoms with Crippen LogP contribution in [0.25, 0.3) is 0 Å². The van der Waals surface area contributed by atoms with Crippen molar-refractivity contribution >= 4 is 25.5 Å². The molecular formula is C51H81O14P. The SMILES string of the molecule is CC/C=C\C/C=C\C/C=C\C/C=C\CCCCCCCCC(=O)O[C@H](COC(=O)CCC/C=C\C/C=C\C/C=C\C=C\C(=O)CCCCC)COP(=O)(O)OC1[C@H](O)[C@H](O)C(O)[C@H](O)[C@H]1O. The summed E-state index contributed by atoms with van der Waals surface area (Å²) in [6, 6.07) is 0. The summed E-state index contributed by atoms with van der Waals surface area (Å²) < 4.78 is 33.5. The molecule has 6 N–H and O–H groups in total. The Bertz CT molecular complexity index is 1580. The number of rotatable bonds is 38. The van der Waals surface area contributed by atoms with Crippen molar-refractivity contribution in [2.24, 2.45) is 0 Å². The van der Waals surface area contributed by atoms with E-state index in [-0.39, 0.29) is 18.6 Å². The number of hydrogen-bond acceptors (Lipinski definition) is 13. The van der Waals surface area contributed by atoms with Gasteiger partial charge in [-0.05, 0) is 83.1 Å². The zero-order valence-electron chi connectivity index (χ0n) is 39.4. The van der Waals surface area contributed by atoms with Gasteiger partial charge in [0.1, 0.15) is 43.2 Å². The van der Waals surface area contributed by atoms with Crippen molar-refractivity contribution in [3.8, 4) is 0 Å². The molecule has 0 aromatic rings. The van der Waals surface area contributed by atoms with E-state index in [1.165, 1.54) is 0 Å². The highest BCUT2D eigenvalue weighted by molar-refractivity contribution is 7.47. The smallest absolute Gasteiger partial charge is 0.462 e. The maximum Gasteiger partial charge on any atom is 0.472 e. The monoisotopic (exact) mass is 949 g/mol. The van der Waals surface area contributed by atoms with Crippen LogP contribution in [0.4, 0.5) is 0 Å². The van der Waals surface area contributed by atoms with Crippen LogP contribution in [0.1, 0.15) is 149 Å². The summed E-state index contributed by atoms with van der Waals surface area (Å²) in [4.78, 5) is 47.5. The molecule has 0 aromatic carbocycles. The molecule has 0 radical (unpaired) electrons. The molecular weight excluding hydrogens is 868 g/mol. The summed E-state index contributed by atoms with van der Waals surface area (Å²) in [6.45, 7) is 2.95. The third-order valence-electron chi connectivity index (χ3n) is 10.4. The molecule has 0 aliphatic heterocycles. The van der Waals surface area contributed by atoms with Gasteiger partial charge in [-0.3, -0.25) is 23.4 Å². The van der Waals surface area contributed by atoms with Crippen molar-refractivity contribution in [1.82, 2.24) is 0 Å². The maximum atomic E-state index is 12.8. The van der Waals surface area contributed by atoms with Gasteiger partial charge in [-0.25, -0.2) is 4.57 Å². The van der Waals surface area contributed by atoms with Crippen LogP contribution in [0.15, 0.2) is 97.2 Å². The van der Waals surface area contributed by atoms with Crippen LogP contribution < -0.4 is 0 Å². The highest BCUT2D eigenvalue weighted by Gasteiger charge is 2.51. The quantitative estimate of drug-likeness (QED) is 0.00848. The van der Waals surface area contributed by atoms with Gasteiger partial charge in [0, 0.05) is 19.3 Å². The molecule has 1 aliphatic carbocycles. The van der Waals surface area contributed by atoms with E-state index in [2.05, 4.69) is 62.5 Å². The van der Waals surface area contributed by atoms with E-state index in [0.29, 0.717) is 32.1 Å². The molecule has 1 rings (SSSR count). The molecule has 1 fully saturated rings. The Hall–Kier alpha value is -3.56. The summed E-state index contributed by atoms with van der Waals surface area (Å²) in [5.41, 5.74) is 0. The Morgan fingerprint density at radius 2 is 1.02 bits per heavy atom. The van der Waals surface area contributed by atoms with Crippen LogP contribution >= 0.6 is 7.82 Å². The number of phosphoric acid groups is 1. The van der Waals surface area contributed by atoms with Crippen molar-refractivity contribution in [2.45, 2.75) is 191 Å². The number of ketones is 1. The normalized spacial score (nSPS) is 22.1. The number of aliphatic hydroxyl groups excluding tert-OH is 5. The second-order valence-electron chi connectivity index (χ2n) is 16.3. The Labute approximate surface area is 394 Å². The first kappa shape index (κ1) is 60.5. The summed E-state index contributed by atoms with van der Waals surface area (Å²) >= 11 is 0. The molecule has 0 saturated heterocycles. The van der Waals surface area contributed by atoms with Crippen LogP contribution in [0.3, 0.4) is 0 Å². The maximum absolute atomic E-state index is 12.8. The number of allylic oxidation sites excluding steroid dienone is 16. The van der Waals surface area contributed by atoms with E-state index in [9.17, 15) is 49.4 Å². The molecule has 15 heteroatoms. The third kappa shape index (κ3) is 31.4. The lowest BCUT2D eigenvalue weighted by Crippen LogP contribution is -2.64. The third-order valence-corrected chi connectivity index (χ3v) is 11.4. The Morgan fingerprint density at radius 1 is 0.530 bits per heavy atom. The fraction of sp³-hybridized carbons (Fsp3) is 0.627. The number of carbonyl (C=O) groups is 3. The Balaban J connectivity index is 2.52. The molecule has 3 unspecified atom stereocenters. The minimum Gasteiger partial charge on any atom is -0.462 e. The first-order chi connectivity index (χ1) is 31.8. The summed E-state index contributed by atoms with van der Waals surface area (Å²) in [5.74, 6) is -1.09. The van der Waals surface area contributed by atoms with E-state index in [4.69, 9.17) is 18.5 Å². The molecule has 1 aliphatic rings. The van der Waals surface area contributed by atoms with E-state index in [0.717, 1.165) is 89.9 Å². The topological polar surface area (TPSA) is 227 Å². The molecule has 0 bridgehead atoms. The van der Waals surface area contributed by atoms with Gasteiger partial charge in [-0.2, -0.15) is 0 Å². The minimum absolute atomic E-state index is 0.0508. The van der Waals surface area contributed by atoms with E-state index in [1.54, 1.807) is 12.2 Å². The fourth-order valence-electron chi connectivity index (χ4n) is 6.52. The summed E-state index contributed by atoms with van der Waals surface area (Å²) in [6.07, 6.45) is 35.8. The molecule has 1 saturated carbocycles. The molecule has 0 aromatic heterocycles. The van der Waals surface area contributed by atoms with Crippen molar-refractivity contribution in [2.75, 3.05) is 13.2 Å². The fourth-order valence-corrected chi connectivity index (χ4v) is 7.49. The van der Waals surface area contributed by atoms with Gasteiger partial charge >= 0.3 is 19.8 Å². The predicted octanol–water partition coefficient (Wildman–Crippen LogP) is 9.01. The van der Waals surface area contributed by atoms with Crippen molar-refractivity contribution in [3.05, 3.63) is 97.2 Å². The number of hydrogen-bond donors (Lipinski definition) is 6. The molecule has 8 atom stereocenters. The van der Waals surface area contributed by atoms with Crippen molar-refractivity contribution < 1.29 is 67.9 Å². The second-order valence-corrected chi connectivity index (χ2v) is 17.7. The Kier molecular flexibility index (Phi) is 36.1. The minimum atomic E-state index is -5.16. The second kappa shape index (κ2) is 39.4. The van der Waals surface area contributed by atoms with Crippen LogP contribution in [0.2, 0.25) is 0 Å². The average Bonchev–Trinajstić information content (AvgIpc) is 3.29. The lowest BCUT2D eigenvalue weighted by Gasteiger charge is -2.41. The van der Waals surface area contributed by atoms with Gasteiger partial charge < -0.3 is 39.9 Å². The molecule has 374 valence electrons. The number of phosphoric ester groups is 1. The first-order valence-corrected chi connectivity index (χ1v) is 25.5. The lowest BCUT2D eigenvalue weighted by atomic mass is 9.85. The molecule has 0 heterocycles. The van der Waals surface area contributed by atoms with Crippen LogP contribution in [0, 0.1) is 0 Å². The van der Waals surface area contributed by atoms with Crippen molar-refractivity contribution in [1.29, 1.82) is 0 Å². The average molecular weight is 949 g/mol. The summed E-state index contributed by atoms with van der Waals surface area (Å²) in [7, 11) is -5.16. The number of aliphatic hydroxyl groups is 5. The van der Waals surface area contributed by atoms with Gasteiger partial charge in [0.2, 0.25) is 0 Å². The molecule has 0 amide bonds. The zero-order chi connectivity index (χ0) is 48.7. The van der Waals surface area contributed by atoms with E-state index in [1.807, 2.05) is 36.5 Å². The molecule has 14 nitrogen and oxygen atoms in total. The first-order valence-electron chi connectivity index (χ1n) is 24.0. The highest BCUT2D eigenvalue weighted by Crippen LogP contribution is 2.47.